The summed E-state index contributed by atoms with van der Waals surface area (Å²) in [7, 11) is 0. The lowest BCUT2D eigenvalue weighted by Crippen LogP contribution is -2.30. The Labute approximate surface area is 130 Å². The van der Waals surface area contributed by atoms with Crippen molar-refractivity contribution in [2.45, 2.75) is 71.3 Å². The number of hydrogen-bond donors (Lipinski definition) is 1. The fourth-order valence-electron chi connectivity index (χ4n) is 3.91. The number of benzene rings is 1. The molecule has 2 fully saturated rings. The summed E-state index contributed by atoms with van der Waals surface area (Å²) in [4.78, 5) is 0. The Kier molecular flexibility index (Phi) is 5.00. The molecule has 1 N–H and O–H groups in total. The van der Waals surface area contributed by atoms with E-state index in [2.05, 4.69) is 37.4 Å². The molecule has 0 saturated heterocycles. The van der Waals surface area contributed by atoms with Gasteiger partial charge < -0.3 is 5.32 Å². The largest absolute Gasteiger partial charge is 0.314 e. The van der Waals surface area contributed by atoms with E-state index in [-0.39, 0.29) is 0 Å². The van der Waals surface area contributed by atoms with Gasteiger partial charge in [0.1, 0.15) is 0 Å². The minimum Gasteiger partial charge on any atom is -0.314 e. The molecule has 0 heterocycles. The summed E-state index contributed by atoms with van der Waals surface area (Å²) in [6.07, 6.45) is 11.3. The Morgan fingerprint density at radius 3 is 2.48 bits per heavy atom. The van der Waals surface area contributed by atoms with Crippen molar-refractivity contribution in [3.05, 3.63) is 34.9 Å². The second-order valence-corrected chi connectivity index (χ2v) is 7.47. The van der Waals surface area contributed by atoms with Crippen LogP contribution in [0.25, 0.3) is 0 Å². The van der Waals surface area contributed by atoms with Crippen molar-refractivity contribution < 1.29 is 0 Å². The highest BCUT2D eigenvalue weighted by Gasteiger charge is 2.27. The van der Waals surface area contributed by atoms with E-state index in [1.54, 1.807) is 5.56 Å². The van der Waals surface area contributed by atoms with Gasteiger partial charge in [-0.15, -0.1) is 0 Å². The predicted molar refractivity (Wildman–Crippen MR) is 90.7 cm³/mol. The average Bonchev–Trinajstić information content (AvgIpc) is 3.28. The number of aryl methyl sites for hydroxylation is 2. The van der Waals surface area contributed by atoms with E-state index in [0.29, 0.717) is 0 Å². The fraction of sp³-hybridized carbons (Fsp3) is 0.700. The summed E-state index contributed by atoms with van der Waals surface area (Å²) in [5, 5.41) is 3.80. The second-order valence-electron chi connectivity index (χ2n) is 7.47. The topological polar surface area (TPSA) is 12.0 Å². The normalized spacial score (nSPS) is 26.6. The quantitative estimate of drug-likeness (QED) is 0.767. The molecular formula is C20H31N. The van der Waals surface area contributed by atoms with Gasteiger partial charge in [0.2, 0.25) is 0 Å². The van der Waals surface area contributed by atoms with Crippen LogP contribution in [0.4, 0.5) is 0 Å². The van der Waals surface area contributed by atoms with Crippen LogP contribution in [0.2, 0.25) is 0 Å². The van der Waals surface area contributed by atoms with E-state index in [1.165, 1.54) is 69.0 Å². The molecule has 2 atom stereocenters. The van der Waals surface area contributed by atoms with Crippen molar-refractivity contribution in [1.82, 2.24) is 5.32 Å². The highest BCUT2D eigenvalue weighted by atomic mass is 14.9. The molecule has 1 heteroatoms. The Morgan fingerprint density at radius 2 is 1.71 bits per heavy atom. The summed E-state index contributed by atoms with van der Waals surface area (Å²) in [6.45, 7) is 5.77. The van der Waals surface area contributed by atoms with Crippen LogP contribution in [-0.4, -0.2) is 12.6 Å². The van der Waals surface area contributed by atoms with Gasteiger partial charge in [0.15, 0.2) is 0 Å². The van der Waals surface area contributed by atoms with E-state index in [1.807, 2.05) is 0 Å². The molecule has 0 aliphatic heterocycles. The molecule has 21 heavy (non-hydrogen) atoms. The molecule has 1 aromatic carbocycles. The van der Waals surface area contributed by atoms with Crippen molar-refractivity contribution in [2.24, 2.45) is 11.8 Å². The van der Waals surface area contributed by atoms with Crippen LogP contribution in [0.15, 0.2) is 18.2 Å². The van der Waals surface area contributed by atoms with Crippen molar-refractivity contribution in [3.63, 3.8) is 0 Å². The Hall–Kier alpha value is -0.820. The lowest BCUT2D eigenvalue weighted by Gasteiger charge is -2.26. The molecule has 0 amide bonds. The first-order chi connectivity index (χ1) is 10.2. The molecule has 1 nitrogen and oxygen atoms in total. The first kappa shape index (κ1) is 15.1. The maximum absolute atomic E-state index is 3.80. The predicted octanol–water partition coefficient (Wildman–Crippen LogP) is 4.79. The Balaban J connectivity index is 1.67. The molecule has 1 aromatic rings. The van der Waals surface area contributed by atoms with E-state index in [0.717, 1.165) is 17.9 Å². The molecule has 116 valence electrons. The van der Waals surface area contributed by atoms with Gasteiger partial charge in [-0.2, -0.15) is 0 Å². The third-order valence-electron chi connectivity index (χ3n) is 5.55. The van der Waals surface area contributed by atoms with Gasteiger partial charge in [-0.3, -0.25) is 0 Å². The summed E-state index contributed by atoms with van der Waals surface area (Å²) in [6, 6.07) is 7.83. The molecule has 2 aliphatic carbocycles. The summed E-state index contributed by atoms with van der Waals surface area (Å²) >= 11 is 0. The molecule has 2 unspecified atom stereocenters. The third-order valence-corrected chi connectivity index (χ3v) is 5.55. The van der Waals surface area contributed by atoms with Crippen LogP contribution >= 0.6 is 0 Å². The van der Waals surface area contributed by atoms with Gasteiger partial charge >= 0.3 is 0 Å². The van der Waals surface area contributed by atoms with Crippen LogP contribution in [0, 0.1) is 25.7 Å². The molecular weight excluding hydrogens is 254 g/mol. The third kappa shape index (κ3) is 4.32. The summed E-state index contributed by atoms with van der Waals surface area (Å²) in [5.74, 6) is 1.78. The van der Waals surface area contributed by atoms with Gasteiger partial charge in [0.05, 0.1) is 0 Å². The van der Waals surface area contributed by atoms with E-state index >= 15 is 0 Å². The van der Waals surface area contributed by atoms with Crippen LogP contribution in [0.5, 0.6) is 0 Å². The van der Waals surface area contributed by atoms with Gasteiger partial charge in [-0.05, 0) is 75.5 Å². The maximum Gasteiger partial charge on any atom is 0.00683 e. The van der Waals surface area contributed by atoms with Crippen molar-refractivity contribution in [1.29, 1.82) is 0 Å². The molecule has 0 bridgehead atoms. The lowest BCUT2D eigenvalue weighted by atomic mass is 9.82. The smallest absolute Gasteiger partial charge is 0.00683 e. The lowest BCUT2D eigenvalue weighted by molar-refractivity contribution is 0.296. The highest BCUT2D eigenvalue weighted by Crippen LogP contribution is 2.32. The highest BCUT2D eigenvalue weighted by molar-refractivity contribution is 5.30. The molecule has 0 spiro atoms. The molecule has 2 aliphatic rings. The number of nitrogens with one attached hydrogen (secondary N) is 1. The fourth-order valence-corrected chi connectivity index (χ4v) is 3.91. The minimum absolute atomic E-state index is 0.856. The minimum atomic E-state index is 0.856. The van der Waals surface area contributed by atoms with E-state index < -0.39 is 0 Å². The zero-order valence-electron chi connectivity index (χ0n) is 13.8. The van der Waals surface area contributed by atoms with Gasteiger partial charge in [-0.25, -0.2) is 0 Å². The van der Waals surface area contributed by atoms with E-state index in [4.69, 9.17) is 0 Å². The average molecular weight is 285 g/mol. The standard InChI is InChI=1S/C20H31N/c1-15-8-9-16(2)19(12-15)13-17-6-4-3-5-7-18(17)14-21-20-10-11-20/h8-9,12,17-18,20-21H,3-7,10-11,13-14H2,1-2H3. The molecule has 0 radical (unpaired) electrons. The second kappa shape index (κ2) is 6.96. The SMILES string of the molecule is Cc1ccc(C)c(CC2CCCCCC2CNC2CC2)c1. The van der Waals surface area contributed by atoms with Crippen molar-refractivity contribution >= 4 is 0 Å². The summed E-state index contributed by atoms with van der Waals surface area (Å²) in [5.41, 5.74) is 4.49. The zero-order valence-corrected chi connectivity index (χ0v) is 13.8. The van der Waals surface area contributed by atoms with Gasteiger partial charge in [0.25, 0.3) is 0 Å². The molecule has 2 saturated carbocycles. The van der Waals surface area contributed by atoms with Crippen LogP contribution < -0.4 is 5.32 Å². The van der Waals surface area contributed by atoms with E-state index in [9.17, 15) is 0 Å². The zero-order chi connectivity index (χ0) is 14.7. The number of rotatable bonds is 5. The first-order valence-corrected chi connectivity index (χ1v) is 9.02. The van der Waals surface area contributed by atoms with Crippen molar-refractivity contribution in [3.8, 4) is 0 Å². The van der Waals surface area contributed by atoms with Crippen LogP contribution in [0.3, 0.4) is 0 Å². The van der Waals surface area contributed by atoms with Crippen molar-refractivity contribution in [2.75, 3.05) is 6.54 Å². The Morgan fingerprint density at radius 1 is 0.952 bits per heavy atom. The Bertz CT molecular complexity index is 461. The van der Waals surface area contributed by atoms with Gasteiger partial charge in [0, 0.05) is 6.04 Å². The number of hydrogen-bond acceptors (Lipinski definition) is 1. The molecule has 3 rings (SSSR count). The van der Waals surface area contributed by atoms with Crippen LogP contribution in [-0.2, 0) is 6.42 Å². The van der Waals surface area contributed by atoms with Gasteiger partial charge in [-0.1, -0.05) is 43.0 Å². The van der Waals surface area contributed by atoms with Crippen LogP contribution in [0.1, 0.15) is 61.6 Å². The summed E-state index contributed by atoms with van der Waals surface area (Å²) < 4.78 is 0. The maximum atomic E-state index is 3.80. The monoisotopic (exact) mass is 285 g/mol. The molecule has 0 aromatic heterocycles. The first-order valence-electron chi connectivity index (χ1n) is 9.02.